The van der Waals surface area contributed by atoms with Crippen molar-refractivity contribution >= 4 is 17.4 Å². The predicted molar refractivity (Wildman–Crippen MR) is 94.2 cm³/mol. The van der Waals surface area contributed by atoms with Crippen LogP contribution < -0.4 is 10.3 Å². The number of nitrogens with zero attached hydrogens (tertiary/aromatic N) is 2. The predicted octanol–water partition coefficient (Wildman–Crippen LogP) is 3.58. The molecular formula is C18H17FN2O2S. The number of rotatable bonds is 5. The average molecular weight is 344 g/mol. The molecule has 2 aromatic heterocycles. The molecule has 0 saturated carbocycles. The summed E-state index contributed by atoms with van der Waals surface area (Å²) in [5.41, 5.74) is 3.15. The molecule has 0 aliphatic carbocycles. The Balaban J connectivity index is 1.71. The van der Waals surface area contributed by atoms with Crippen molar-refractivity contribution in [2.75, 3.05) is 7.11 Å². The second-order valence-corrected chi connectivity index (χ2v) is 6.47. The summed E-state index contributed by atoms with van der Waals surface area (Å²) in [5, 5.41) is 0. The Morgan fingerprint density at radius 1 is 1.21 bits per heavy atom. The van der Waals surface area contributed by atoms with E-state index in [9.17, 15) is 9.18 Å². The van der Waals surface area contributed by atoms with E-state index in [4.69, 9.17) is 4.74 Å². The van der Waals surface area contributed by atoms with Crippen LogP contribution in [-0.4, -0.2) is 16.5 Å². The number of hydrogen-bond donors (Lipinski definition) is 0. The fraction of sp³-hybridized carbons (Fsp3) is 0.222. The smallest absolute Gasteiger partial charge is 0.258 e. The van der Waals surface area contributed by atoms with E-state index >= 15 is 0 Å². The minimum Gasteiger partial charge on any atom is -0.494 e. The molecule has 6 heteroatoms. The van der Waals surface area contributed by atoms with Crippen molar-refractivity contribution in [1.29, 1.82) is 0 Å². The Labute approximate surface area is 143 Å². The summed E-state index contributed by atoms with van der Waals surface area (Å²) >= 11 is 1.58. The van der Waals surface area contributed by atoms with Gasteiger partial charge in [-0.3, -0.25) is 9.20 Å². The number of benzene rings is 1. The highest BCUT2D eigenvalue weighted by molar-refractivity contribution is 7.97. The molecule has 0 bridgehead atoms. The SMILES string of the molecule is COc1ccc(CSCc2cc(=O)n3cc(C)ccc3n2)cc1F. The van der Waals surface area contributed by atoms with Gasteiger partial charge in [0.15, 0.2) is 11.6 Å². The van der Waals surface area contributed by atoms with Gasteiger partial charge >= 0.3 is 0 Å². The Kier molecular flexibility index (Phi) is 4.85. The normalized spacial score (nSPS) is 11.0. The van der Waals surface area contributed by atoms with E-state index in [1.807, 2.05) is 25.1 Å². The van der Waals surface area contributed by atoms with Crippen LogP contribution in [0.3, 0.4) is 0 Å². The van der Waals surface area contributed by atoms with Gasteiger partial charge in [0.05, 0.1) is 12.8 Å². The van der Waals surface area contributed by atoms with E-state index in [2.05, 4.69) is 4.98 Å². The maximum atomic E-state index is 13.7. The molecule has 0 radical (unpaired) electrons. The van der Waals surface area contributed by atoms with E-state index < -0.39 is 0 Å². The van der Waals surface area contributed by atoms with Crippen LogP contribution >= 0.6 is 11.8 Å². The van der Waals surface area contributed by atoms with Crippen LogP contribution in [-0.2, 0) is 11.5 Å². The van der Waals surface area contributed by atoms with Gasteiger partial charge in [0.2, 0.25) is 0 Å². The molecule has 1 aromatic carbocycles. The lowest BCUT2D eigenvalue weighted by molar-refractivity contribution is 0.386. The Bertz CT molecular complexity index is 940. The van der Waals surface area contributed by atoms with Crippen molar-refractivity contribution in [3.63, 3.8) is 0 Å². The number of thioether (sulfide) groups is 1. The molecule has 3 rings (SSSR count). The lowest BCUT2D eigenvalue weighted by atomic mass is 10.2. The third-order valence-corrected chi connectivity index (χ3v) is 4.63. The molecule has 0 unspecified atom stereocenters. The third-order valence-electron chi connectivity index (χ3n) is 3.60. The number of fused-ring (bicyclic) bond motifs is 1. The lowest BCUT2D eigenvalue weighted by Gasteiger charge is -2.06. The summed E-state index contributed by atoms with van der Waals surface area (Å²) in [4.78, 5) is 16.7. The molecule has 0 atom stereocenters. The van der Waals surface area contributed by atoms with Crippen LogP contribution in [0.2, 0.25) is 0 Å². The fourth-order valence-corrected chi connectivity index (χ4v) is 3.28. The molecule has 0 fully saturated rings. The minimum absolute atomic E-state index is 0.0882. The molecule has 3 aromatic rings. The summed E-state index contributed by atoms with van der Waals surface area (Å²) < 4.78 is 20.1. The first-order chi connectivity index (χ1) is 11.6. The molecule has 124 valence electrons. The van der Waals surface area contributed by atoms with Gasteiger partial charge in [0.1, 0.15) is 5.65 Å². The maximum Gasteiger partial charge on any atom is 0.258 e. The van der Waals surface area contributed by atoms with E-state index in [1.54, 1.807) is 34.5 Å². The first kappa shape index (κ1) is 16.5. The van der Waals surface area contributed by atoms with Crippen LogP contribution in [0, 0.1) is 12.7 Å². The van der Waals surface area contributed by atoms with Gasteiger partial charge in [-0.1, -0.05) is 12.1 Å². The zero-order valence-corrected chi connectivity index (χ0v) is 14.3. The number of halogens is 1. The molecule has 0 saturated heterocycles. The third kappa shape index (κ3) is 3.59. The Morgan fingerprint density at radius 3 is 2.79 bits per heavy atom. The first-order valence-corrected chi connectivity index (χ1v) is 8.61. The highest BCUT2D eigenvalue weighted by atomic mass is 32.2. The van der Waals surface area contributed by atoms with E-state index in [1.165, 1.54) is 13.2 Å². The number of hydrogen-bond acceptors (Lipinski definition) is 4. The van der Waals surface area contributed by atoms with Gasteiger partial charge in [-0.25, -0.2) is 9.37 Å². The molecule has 0 aliphatic rings. The lowest BCUT2D eigenvalue weighted by Crippen LogP contribution is -2.15. The highest BCUT2D eigenvalue weighted by Crippen LogP contribution is 2.22. The summed E-state index contributed by atoms with van der Waals surface area (Å²) in [5.74, 6) is 1.10. The van der Waals surface area contributed by atoms with E-state index in [0.717, 1.165) is 16.8 Å². The molecule has 0 aliphatic heterocycles. The topological polar surface area (TPSA) is 43.6 Å². The van der Waals surface area contributed by atoms with Crippen LogP contribution in [0.1, 0.15) is 16.8 Å². The summed E-state index contributed by atoms with van der Waals surface area (Å²) in [6, 6.07) is 10.2. The molecule has 4 nitrogen and oxygen atoms in total. The second-order valence-electron chi connectivity index (χ2n) is 5.48. The summed E-state index contributed by atoms with van der Waals surface area (Å²) in [6.45, 7) is 1.93. The maximum absolute atomic E-state index is 13.7. The number of aromatic nitrogens is 2. The quantitative estimate of drug-likeness (QED) is 0.709. The van der Waals surface area contributed by atoms with Gasteiger partial charge < -0.3 is 4.74 Å². The van der Waals surface area contributed by atoms with Gasteiger partial charge in [-0.15, -0.1) is 0 Å². The summed E-state index contributed by atoms with van der Waals surface area (Å²) in [6.07, 6.45) is 1.78. The van der Waals surface area contributed by atoms with E-state index in [0.29, 0.717) is 17.2 Å². The molecule has 0 amide bonds. The fourth-order valence-electron chi connectivity index (χ4n) is 2.41. The largest absolute Gasteiger partial charge is 0.494 e. The standard InChI is InChI=1S/C18H17FN2O2S/c1-12-3-6-17-20-14(8-18(22)21(17)9-12)11-24-10-13-4-5-16(23-2)15(19)7-13/h3-9H,10-11H2,1-2H3. The molecule has 0 spiro atoms. The van der Waals surface area contributed by atoms with Crippen LogP contribution in [0.4, 0.5) is 4.39 Å². The number of pyridine rings is 1. The Hall–Kier alpha value is -2.34. The zero-order valence-electron chi connectivity index (χ0n) is 13.5. The molecule has 24 heavy (non-hydrogen) atoms. The number of aryl methyl sites for hydroxylation is 1. The van der Waals surface area contributed by atoms with Gasteiger partial charge in [0.25, 0.3) is 5.56 Å². The van der Waals surface area contributed by atoms with Gasteiger partial charge in [0, 0.05) is 23.8 Å². The van der Waals surface area contributed by atoms with Crippen molar-refractivity contribution in [2.24, 2.45) is 0 Å². The average Bonchev–Trinajstić information content (AvgIpc) is 2.56. The van der Waals surface area contributed by atoms with Gasteiger partial charge in [-0.05, 0) is 36.2 Å². The molecular weight excluding hydrogens is 327 g/mol. The van der Waals surface area contributed by atoms with Crippen molar-refractivity contribution in [1.82, 2.24) is 9.38 Å². The van der Waals surface area contributed by atoms with Crippen molar-refractivity contribution in [3.8, 4) is 5.75 Å². The second kappa shape index (κ2) is 7.05. The zero-order chi connectivity index (χ0) is 17.1. The molecule has 0 N–H and O–H groups in total. The van der Waals surface area contributed by atoms with Crippen LogP contribution in [0.5, 0.6) is 5.75 Å². The molecule has 2 heterocycles. The monoisotopic (exact) mass is 344 g/mol. The first-order valence-electron chi connectivity index (χ1n) is 7.46. The number of ether oxygens (including phenoxy) is 1. The van der Waals surface area contributed by atoms with Crippen molar-refractivity contribution in [2.45, 2.75) is 18.4 Å². The van der Waals surface area contributed by atoms with Crippen LogP contribution in [0.25, 0.3) is 5.65 Å². The highest BCUT2D eigenvalue weighted by Gasteiger charge is 2.06. The van der Waals surface area contributed by atoms with Gasteiger partial charge in [-0.2, -0.15) is 11.8 Å². The van der Waals surface area contributed by atoms with E-state index in [-0.39, 0.29) is 17.1 Å². The van der Waals surface area contributed by atoms with Crippen molar-refractivity contribution < 1.29 is 9.13 Å². The minimum atomic E-state index is -0.368. The number of methoxy groups -OCH3 is 1. The summed E-state index contributed by atoms with van der Waals surface area (Å²) in [7, 11) is 1.44. The van der Waals surface area contributed by atoms with Crippen molar-refractivity contribution in [3.05, 3.63) is 75.6 Å². The van der Waals surface area contributed by atoms with Crippen LogP contribution in [0.15, 0.2) is 47.4 Å². The Morgan fingerprint density at radius 2 is 2.04 bits per heavy atom.